The van der Waals surface area contributed by atoms with E-state index < -0.39 is 34.9 Å². The zero-order valence-corrected chi connectivity index (χ0v) is 15.8. The van der Waals surface area contributed by atoms with Gasteiger partial charge in [0.15, 0.2) is 0 Å². The molecule has 0 saturated carbocycles. The molecule has 1 aromatic rings. The SMILES string of the molecule is CC(C)(C)OC(=O)N1CCC(C#N)(C(=O)Nc2ccc(C(F)(F)F)nc2)CC1. The number of halogens is 3. The molecule has 0 atom stereocenters. The number of ether oxygens (including phenoxy) is 1. The lowest BCUT2D eigenvalue weighted by atomic mass is 9.79. The number of carbonyl (C=O) groups is 2. The van der Waals surface area contributed by atoms with E-state index in [4.69, 9.17) is 4.74 Å². The van der Waals surface area contributed by atoms with Crippen LogP contribution >= 0.6 is 0 Å². The first kappa shape index (κ1) is 21.5. The molecule has 2 rings (SSSR count). The number of nitrogens with zero attached hydrogens (tertiary/aromatic N) is 3. The van der Waals surface area contributed by atoms with E-state index in [1.807, 2.05) is 6.07 Å². The number of rotatable bonds is 2. The highest BCUT2D eigenvalue weighted by Crippen LogP contribution is 2.33. The number of hydrogen-bond acceptors (Lipinski definition) is 5. The second kappa shape index (κ2) is 7.66. The van der Waals surface area contributed by atoms with Gasteiger partial charge in [-0.15, -0.1) is 0 Å². The number of nitriles is 1. The number of carbonyl (C=O) groups excluding carboxylic acids is 2. The van der Waals surface area contributed by atoms with E-state index in [1.165, 1.54) is 4.90 Å². The van der Waals surface area contributed by atoms with Gasteiger partial charge in [-0.05, 0) is 45.7 Å². The standard InChI is InChI=1S/C18H21F3N4O3/c1-16(2,3)28-15(27)25-8-6-17(11-22,7-9-25)14(26)24-12-4-5-13(23-10-12)18(19,20)21/h4-5,10H,6-9H2,1-3H3,(H,24,26). The third-order valence-corrected chi connectivity index (χ3v) is 4.23. The predicted molar refractivity (Wildman–Crippen MR) is 93.0 cm³/mol. The summed E-state index contributed by atoms with van der Waals surface area (Å²) in [6, 6.07) is 3.82. The van der Waals surface area contributed by atoms with E-state index >= 15 is 0 Å². The normalized spacial score (nSPS) is 16.8. The van der Waals surface area contributed by atoms with Crippen LogP contribution in [0.5, 0.6) is 0 Å². The largest absolute Gasteiger partial charge is 0.444 e. The van der Waals surface area contributed by atoms with Gasteiger partial charge in [-0.1, -0.05) is 0 Å². The summed E-state index contributed by atoms with van der Waals surface area (Å²) in [6.07, 6.45) is -4.04. The maximum atomic E-state index is 12.6. The van der Waals surface area contributed by atoms with Crippen LogP contribution in [0.1, 0.15) is 39.3 Å². The van der Waals surface area contributed by atoms with Gasteiger partial charge in [-0.2, -0.15) is 18.4 Å². The van der Waals surface area contributed by atoms with Crippen molar-refractivity contribution in [3.8, 4) is 6.07 Å². The molecule has 28 heavy (non-hydrogen) atoms. The maximum Gasteiger partial charge on any atom is 0.433 e. The number of likely N-dealkylation sites (tertiary alicyclic amines) is 1. The third kappa shape index (κ3) is 5.12. The first-order chi connectivity index (χ1) is 12.9. The molecule has 0 spiro atoms. The summed E-state index contributed by atoms with van der Waals surface area (Å²) >= 11 is 0. The van der Waals surface area contributed by atoms with Gasteiger partial charge in [0, 0.05) is 13.1 Å². The monoisotopic (exact) mass is 398 g/mol. The maximum absolute atomic E-state index is 12.6. The van der Waals surface area contributed by atoms with Crippen molar-refractivity contribution in [1.82, 2.24) is 9.88 Å². The number of alkyl halides is 3. The molecule has 152 valence electrons. The molecule has 1 N–H and O–H groups in total. The zero-order chi connectivity index (χ0) is 21.2. The van der Waals surface area contributed by atoms with Gasteiger partial charge in [0.1, 0.15) is 16.7 Å². The van der Waals surface area contributed by atoms with Gasteiger partial charge in [-0.3, -0.25) is 4.79 Å². The van der Waals surface area contributed by atoms with Gasteiger partial charge in [0.25, 0.3) is 0 Å². The van der Waals surface area contributed by atoms with E-state index in [9.17, 15) is 28.0 Å². The van der Waals surface area contributed by atoms with Gasteiger partial charge in [-0.25, -0.2) is 9.78 Å². The number of aromatic nitrogens is 1. The van der Waals surface area contributed by atoms with Crippen molar-refractivity contribution in [3.63, 3.8) is 0 Å². The number of amides is 2. The molecule has 1 fully saturated rings. The number of nitrogens with one attached hydrogen (secondary N) is 1. The highest BCUT2D eigenvalue weighted by molar-refractivity contribution is 5.97. The summed E-state index contributed by atoms with van der Waals surface area (Å²) in [5.41, 5.74) is -3.07. The fourth-order valence-corrected chi connectivity index (χ4v) is 2.67. The average molecular weight is 398 g/mol. The van der Waals surface area contributed by atoms with E-state index in [0.29, 0.717) is 0 Å². The number of anilines is 1. The van der Waals surface area contributed by atoms with Gasteiger partial charge < -0.3 is 15.0 Å². The van der Waals surface area contributed by atoms with Crippen LogP contribution in [0.3, 0.4) is 0 Å². The van der Waals surface area contributed by atoms with Gasteiger partial charge >= 0.3 is 12.3 Å². The Kier molecular flexibility index (Phi) is 5.87. The van der Waals surface area contributed by atoms with Crippen molar-refractivity contribution in [2.24, 2.45) is 5.41 Å². The minimum atomic E-state index is -4.58. The van der Waals surface area contributed by atoms with Crippen molar-refractivity contribution in [2.45, 2.75) is 45.4 Å². The molecule has 7 nitrogen and oxygen atoms in total. The van der Waals surface area contributed by atoms with Crippen molar-refractivity contribution < 1.29 is 27.5 Å². The third-order valence-electron chi connectivity index (χ3n) is 4.23. The predicted octanol–water partition coefficient (Wildman–Crippen LogP) is 3.58. The Morgan fingerprint density at radius 3 is 2.29 bits per heavy atom. The van der Waals surface area contributed by atoms with Crippen LogP contribution in [0.15, 0.2) is 18.3 Å². The first-order valence-corrected chi connectivity index (χ1v) is 8.60. The van der Waals surface area contributed by atoms with Crippen LogP contribution < -0.4 is 5.32 Å². The number of piperidine rings is 1. The fourth-order valence-electron chi connectivity index (χ4n) is 2.67. The summed E-state index contributed by atoms with van der Waals surface area (Å²) in [5, 5.41) is 12.0. The quantitative estimate of drug-likeness (QED) is 0.822. The summed E-state index contributed by atoms with van der Waals surface area (Å²) < 4.78 is 43.0. The van der Waals surface area contributed by atoms with E-state index in [0.717, 1.165) is 18.3 Å². The van der Waals surface area contributed by atoms with Crippen LogP contribution in [0.25, 0.3) is 0 Å². The van der Waals surface area contributed by atoms with E-state index in [-0.39, 0.29) is 31.6 Å². The molecule has 2 amide bonds. The molecule has 0 unspecified atom stereocenters. The van der Waals surface area contributed by atoms with Crippen LogP contribution in [0.4, 0.5) is 23.7 Å². The topological polar surface area (TPSA) is 95.3 Å². The van der Waals surface area contributed by atoms with Crippen LogP contribution in [-0.4, -0.2) is 40.6 Å². The first-order valence-electron chi connectivity index (χ1n) is 8.60. The Labute approximate surface area is 160 Å². The minimum Gasteiger partial charge on any atom is -0.444 e. The molecule has 1 aromatic heterocycles. The Hall–Kier alpha value is -2.83. The molecular formula is C18H21F3N4O3. The lowest BCUT2D eigenvalue weighted by molar-refractivity contribution is -0.141. The number of pyridine rings is 1. The van der Waals surface area contributed by atoms with E-state index in [2.05, 4.69) is 10.3 Å². The Bertz CT molecular complexity index is 771. The molecule has 1 saturated heterocycles. The number of hydrogen-bond donors (Lipinski definition) is 1. The van der Waals surface area contributed by atoms with Crippen molar-refractivity contribution in [3.05, 3.63) is 24.0 Å². The fraction of sp³-hybridized carbons (Fsp3) is 0.556. The molecule has 0 aliphatic carbocycles. The van der Waals surface area contributed by atoms with Crippen molar-refractivity contribution in [1.29, 1.82) is 5.26 Å². The Morgan fingerprint density at radius 1 is 1.25 bits per heavy atom. The molecule has 0 bridgehead atoms. The average Bonchev–Trinajstić information content (AvgIpc) is 2.60. The van der Waals surface area contributed by atoms with Gasteiger partial charge in [0.05, 0.1) is 18.0 Å². The highest BCUT2D eigenvalue weighted by atomic mass is 19.4. The van der Waals surface area contributed by atoms with Gasteiger partial charge in [0.2, 0.25) is 5.91 Å². The second-order valence-electron chi connectivity index (χ2n) is 7.55. The van der Waals surface area contributed by atoms with Crippen molar-refractivity contribution >= 4 is 17.7 Å². The minimum absolute atomic E-state index is 0.0576. The molecule has 1 aliphatic rings. The summed E-state index contributed by atoms with van der Waals surface area (Å²) in [4.78, 5) is 29.4. The second-order valence-corrected chi connectivity index (χ2v) is 7.55. The molecule has 10 heteroatoms. The lowest BCUT2D eigenvalue weighted by Crippen LogP contribution is -2.48. The highest BCUT2D eigenvalue weighted by Gasteiger charge is 2.43. The molecule has 2 heterocycles. The van der Waals surface area contributed by atoms with Crippen LogP contribution in [0.2, 0.25) is 0 Å². The summed E-state index contributed by atoms with van der Waals surface area (Å²) in [6.45, 7) is 5.52. The molecule has 0 aromatic carbocycles. The zero-order valence-electron chi connectivity index (χ0n) is 15.8. The Morgan fingerprint density at radius 2 is 1.86 bits per heavy atom. The van der Waals surface area contributed by atoms with E-state index in [1.54, 1.807) is 20.8 Å². The Balaban J connectivity index is 2.02. The lowest BCUT2D eigenvalue weighted by Gasteiger charge is -2.36. The smallest absolute Gasteiger partial charge is 0.433 e. The summed E-state index contributed by atoms with van der Waals surface area (Å²) in [5.74, 6) is -0.639. The van der Waals surface area contributed by atoms with Crippen LogP contribution in [-0.2, 0) is 15.7 Å². The van der Waals surface area contributed by atoms with Crippen LogP contribution in [0, 0.1) is 16.7 Å². The molecule has 1 aliphatic heterocycles. The van der Waals surface area contributed by atoms with Crippen molar-refractivity contribution in [2.75, 3.05) is 18.4 Å². The molecule has 0 radical (unpaired) electrons. The molecular weight excluding hydrogens is 377 g/mol. The summed E-state index contributed by atoms with van der Waals surface area (Å²) in [7, 11) is 0.